The third-order valence-corrected chi connectivity index (χ3v) is 3.03. The van der Waals surface area contributed by atoms with E-state index in [0.29, 0.717) is 5.84 Å². The standard InChI is InChI=1S/C10H21N3O/c1-8(10(11)13-14)7-12-6-5-9-3-2-4-9/h8-9,12,14H,2-7H2,1H3,(H2,11,13). The highest BCUT2D eigenvalue weighted by molar-refractivity contribution is 5.82. The van der Waals surface area contributed by atoms with E-state index in [0.717, 1.165) is 19.0 Å². The molecule has 0 bridgehead atoms. The van der Waals surface area contributed by atoms with Crippen LogP contribution in [0.25, 0.3) is 0 Å². The molecule has 0 spiro atoms. The van der Waals surface area contributed by atoms with Crippen molar-refractivity contribution in [3.8, 4) is 0 Å². The normalized spacial score (nSPS) is 20.5. The molecule has 14 heavy (non-hydrogen) atoms. The summed E-state index contributed by atoms with van der Waals surface area (Å²) in [6.45, 7) is 3.79. The highest BCUT2D eigenvalue weighted by atomic mass is 16.4. The largest absolute Gasteiger partial charge is 0.409 e. The highest BCUT2D eigenvalue weighted by Crippen LogP contribution is 2.28. The second kappa shape index (κ2) is 5.86. The summed E-state index contributed by atoms with van der Waals surface area (Å²) in [7, 11) is 0. The summed E-state index contributed by atoms with van der Waals surface area (Å²) in [5.74, 6) is 1.36. The van der Waals surface area contributed by atoms with Crippen LogP contribution in [0.4, 0.5) is 0 Å². The fourth-order valence-electron chi connectivity index (χ4n) is 1.61. The molecule has 1 aliphatic rings. The number of nitrogens with one attached hydrogen (secondary N) is 1. The van der Waals surface area contributed by atoms with Crippen molar-refractivity contribution in [2.75, 3.05) is 13.1 Å². The van der Waals surface area contributed by atoms with E-state index < -0.39 is 0 Å². The third kappa shape index (κ3) is 3.54. The summed E-state index contributed by atoms with van der Waals surface area (Å²) < 4.78 is 0. The average Bonchev–Trinajstić information content (AvgIpc) is 2.13. The predicted molar refractivity (Wildman–Crippen MR) is 57.4 cm³/mol. The maximum atomic E-state index is 8.43. The van der Waals surface area contributed by atoms with Gasteiger partial charge in [0, 0.05) is 12.5 Å². The molecule has 0 saturated heterocycles. The van der Waals surface area contributed by atoms with Crippen molar-refractivity contribution in [3.63, 3.8) is 0 Å². The molecule has 0 aromatic heterocycles. The van der Waals surface area contributed by atoms with Crippen LogP contribution in [-0.4, -0.2) is 24.1 Å². The van der Waals surface area contributed by atoms with Crippen LogP contribution in [0.3, 0.4) is 0 Å². The van der Waals surface area contributed by atoms with Gasteiger partial charge in [-0.1, -0.05) is 31.3 Å². The van der Waals surface area contributed by atoms with Crippen LogP contribution in [0.15, 0.2) is 5.16 Å². The lowest BCUT2D eigenvalue weighted by molar-refractivity contribution is 0.291. The van der Waals surface area contributed by atoms with Crippen LogP contribution in [0.2, 0.25) is 0 Å². The van der Waals surface area contributed by atoms with E-state index >= 15 is 0 Å². The van der Waals surface area contributed by atoms with Gasteiger partial charge in [0.15, 0.2) is 0 Å². The number of nitrogens with two attached hydrogens (primary N) is 1. The minimum Gasteiger partial charge on any atom is -0.409 e. The van der Waals surface area contributed by atoms with Crippen molar-refractivity contribution >= 4 is 5.84 Å². The first kappa shape index (κ1) is 11.3. The SMILES string of the molecule is CC(CNCCC1CCC1)C(N)=NO. The molecular formula is C10H21N3O. The summed E-state index contributed by atoms with van der Waals surface area (Å²) in [5.41, 5.74) is 5.46. The van der Waals surface area contributed by atoms with Crippen LogP contribution in [0.1, 0.15) is 32.6 Å². The van der Waals surface area contributed by atoms with Gasteiger partial charge < -0.3 is 16.3 Å². The minimum atomic E-state index is 0.112. The van der Waals surface area contributed by atoms with Crippen LogP contribution in [-0.2, 0) is 0 Å². The molecule has 0 aliphatic heterocycles. The zero-order valence-electron chi connectivity index (χ0n) is 8.87. The van der Waals surface area contributed by atoms with Crippen LogP contribution in [0.5, 0.6) is 0 Å². The number of hydrogen-bond acceptors (Lipinski definition) is 3. The fraction of sp³-hybridized carbons (Fsp3) is 0.900. The molecule has 0 amide bonds. The highest BCUT2D eigenvalue weighted by Gasteiger charge is 2.16. The number of nitrogens with zero attached hydrogens (tertiary/aromatic N) is 1. The van der Waals surface area contributed by atoms with Crippen molar-refractivity contribution in [2.24, 2.45) is 22.7 Å². The Bertz CT molecular complexity index is 190. The molecule has 1 unspecified atom stereocenters. The Morgan fingerprint density at radius 1 is 1.64 bits per heavy atom. The lowest BCUT2D eigenvalue weighted by Gasteiger charge is -2.25. The van der Waals surface area contributed by atoms with Crippen molar-refractivity contribution in [1.29, 1.82) is 0 Å². The average molecular weight is 199 g/mol. The van der Waals surface area contributed by atoms with Gasteiger partial charge in [-0.25, -0.2) is 0 Å². The Labute approximate surface area is 85.6 Å². The van der Waals surface area contributed by atoms with Gasteiger partial charge in [-0.2, -0.15) is 0 Å². The van der Waals surface area contributed by atoms with Crippen LogP contribution < -0.4 is 11.1 Å². The van der Waals surface area contributed by atoms with Gasteiger partial charge >= 0.3 is 0 Å². The maximum Gasteiger partial charge on any atom is 0.143 e. The van der Waals surface area contributed by atoms with Gasteiger partial charge in [0.2, 0.25) is 0 Å². The van der Waals surface area contributed by atoms with Crippen molar-refractivity contribution < 1.29 is 5.21 Å². The molecule has 1 rings (SSSR count). The summed E-state index contributed by atoms with van der Waals surface area (Å²) in [4.78, 5) is 0. The first-order chi connectivity index (χ1) is 6.74. The van der Waals surface area contributed by atoms with E-state index in [1.165, 1.54) is 25.7 Å². The number of rotatable bonds is 6. The molecule has 0 radical (unpaired) electrons. The third-order valence-electron chi connectivity index (χ3n) is 3.03. The molecule has 1 atom stereocenters. The second-order valence-corrected chi connectivity index (χ2v) is 4.22. The molecule has 1 saturated carbocycles. The zero-order valence-corrected chi connectivity index (χ0v) is 8.87. The Hall–Kier alpha value is -0.770. The lowest BCUT2D eigenvalue weighted by Crippen LogP contribution is -2.32. The quantitative estimate of drug-likeness (QED) is 0.197. The van der Waals surface area contributed by atoms with Crippen LogP contribution in [0, 0.1) is 11.8 Å². The van der Waals surface area contributed by atoms with Gasteiger partial charge in [0.1, 0.15) is 5.84 Å². The van der Waals surface area contributed by atoms with Crippen molar-refractivity contribution in [2.45, 2.75) is 32.6 Å². The Kier molecular flexibility index (Phi) is 4.73. The molecule has 1 aliphatic carbocycles. The summed E-state index contributed by atoms with van der Waals surface area (Å²) in [5, 5.41) is 14.7. The molecule has 4 heteroatoms. The Morgan fingerprint density at radius 3 is 2.86 bits per heavy atom. The van der Waals surface area contributed by atoms with Crippen molar-refractivity contribution in [1.82, 2.24) is 5.32 Å². The number of hydrogen-bond donors (Lipinski definition) is 3. The van der Waals surface area contributed by atoms with E-state index in [2.05, 4.69) is 10.5 Å². The molecule has 1 fully saturated rings. The lowest BCUT2D eigenvalue weighted by atomic mass is 9.83. The Morgan fingerprint density at radius 2 is 2.36 bits per heavy atom. The molecule has 4 N–H and O–H groups in total. The molecule has 4 nitrogen and oxygen atoms in total. The van der Waals surface area contributed by atoms with E-state index in [9.17, 15) is 0 Å². The zero-order chi connectivity index (χ0) is 10.4. The predicted octanol–water partition coefficient (Wildman–Crippen LogP) is 1.15. The molecular weight excluding hydrogens is 178 g/mol. The van der Waals surface area contributed by atoms with Gasteiger partial charge in [0.25, 0.3) is 0 Å². The summed E-state index contributed by atoms with van der Waals surface area (Å²) in [6.07, 6.45) is 5.48. The second-order valence-electron chi connectivity index (χ2n) is 4.22. The van der Waals surface area contributed by atoms with E-state index in [4.69, 9.17) is 10.9 Å². The smallest absolute Gasteiger partial charge is 0.143 e. The summed E-state index contributed by atoms with van der Waals surface area (Å²) in [6, 6.07) is 0. The topological polar surface area (TPSA) is 70.6 Å². The van der Waals surface area contributed by atoms with Crippen molar-refractivity contribution in [3.05, 3.63) is 0 Å². The monoisotopic (exact) mass is 199 g/mol. The minimum absolute atomic E-state index is 0.112. The first-order valence-electron chi connectivity index (χ1n) is 5.42. The van der Waals surface area contributed by atoms with Gasteiger partial charge in [-0.3, -0.25) is 0 Å². The van der Waals surface area contributed by atoms with E-state index in [1.807, 2.05) is 6.92 Å². The fourth-order valence-corrected chi connectivity index (χ4v) is 1.61. The first-order valence-corrected chi connectivity index (χ1v) is 5.42. The molecule has 0 aromatic carbocycles. The molecule has 82 valence electrons. The van der Waals surface area contributed by atoms with Gasteiger partial charge in [-0.15, -0.1) is 0 Å². The van der Waals surface area contributed by atoms with E-state index in [-0.39, 0.29) is 5.92 Å². The molecule has 0 heterocycles. The maximum absolute atomic E-state index is 8.43. The Balaban J connectivity index is 1.97. The van der Waals surface area contributed by atoms with E-state index in [1.54, 1.807) is 0 Å². The number of amidine groups is 1. The number of oxime groups is 1. The van der Waals surface area contributed by atoms with Gasteiger partial charge in [0.05, 0.1) is 0 Å². The van der Waals surface area contributed by atoms with Gasteiger partial charge in [-0.05, 0) is 18.9 Å². The molecule has 0 aromatic rings. The van der Waals surface area contributed by atoms with Crippen LogP contribution >= 0.6 is 0 Å². The summed E-state index contributed by atoms with van der Waals surface area (Å²) >= 11 is 0.